The van der Waals surface area contributed by atoms with E-state index in [4.69, 9.17) is 10.8 Å². The zero-order chi connectivity index (χ0) is 6.15. The third kappa shape index (κ3) is 0.801. The third-order valence-corrected chi connectivity index (χ3v) is 1.04. The maximum Gasteiger partial charge on any atom is 0.249 e. The van der Waals surface area contributed by atoms with Crippen molar-refractivity contribution in [3.05, 3.63) is 0 Å². The van der Waals surface area contributed by atoms with Crippen molar-refractivity contribution in [2.75, 3.05) is 6.61 Å². The van der Waals surface area contributed by atoms with Gasteiger partial charge in [-0.05, 0) is 0 Å². The largest absolute Gasteiger partial charge is 0.394 e. The molecule has 0 aromatic rings. The monoisotopic (exact) mass is 117 g/mol. The fourth-order valence-electron chi connectivity index (χ4n) is 0.532. The minimum Gasteiger partial charge on any atom is -0.394 e. The Bertz CT molecular complexity index is 114. The Morgan fingerprint density at radius 3 is 2.62 bits per heavy atom. The van der Waals surface area contributed by atoms with Crippen molar-refractivity contribution < 1.29 is 14.6 Å². The molecule has 3 N–H and O–H groups in total. The highest BCUT2D eigenvalue weighted by atomic mass is 16.6. The molecule has 0 aliphatic carbocycles. The van der Waals surface area contributed by atoms with Crippen molar-refractivity contribution in [1.82, 2.24) is 0 Å². The van der Waals surface area contributed by atoms with Gasteiger partial charge in [-0.1, -0.05) is 0 Å². The Morgan fingerprint density at radius 1 is 1.88 bits per heavy atom. The first-order valence-electron chi connectivity index (χ1n) is 2.31. The third-order valence-electron chi connectivity index (χ3n) is 1.04. The van der Waals surface area contributed by atoms with E-state index in [2.05, 4.69) is 4.74 Å². The number of carbonyl (C=O) groups is 1. The summed E-state index contributed by atoms with van der Waals surface area (Å²) in [6.45, 7) is -0.117. The molecule has 0 saturated carbocycles. The van der Waals surface area contributed by atoms with Crippen LogP contribution in [0.15, 0.2) is 0 Å². The Kier molecular flexibility index (Phi) is 1.19. The van der Waals surface area contributed by atoms with Gasteiger partial charge in [0.05, 0.1) is 6.61 Å². The summed E-state index contributed by atoms with van der Waals surface area (Å²) < 4.78 is 4.60. The quantitative estimate of drug-likeness (QED) is 0.420. The highest BCUT2D eigenvalue weighted by Crippen LogP contribution is 2.19. The molecule has 1 heterocycles. The van der Waals surface area contributed by atoms with Crippen LogP contribution in [0.2, 0.25) is 0 Å². The van der Waals surface area contributed by atoms with Crippen LogP contribution in [0.4, 0.5) is 0 Å². The molecular weight excluding hydrogens is 110 g/mol. The van der Waals surface area contributed by atoms with Crippen LogP contribution >= 0.6 is 0 Å². The molecule has 0 aromatic heterocycles. The van der Waals surface area contributed by atoms with E-state index in [-0.39, 0.29) is 12.7 Å². The van der Waals surface area contributed by atoms with E-state index < -0.39 is 12.0 Å². The Morgan fingerprint density at radius 2 is 2.50 bits per heavy atom. The fraction of sp³-hybridized carbons (Fsp3) is 0.750. The molecule has 0 spiro atoms. The zero-order valence-corrected chi connectivity index (χ0v) is 4.20. The van der Waals surface area contributed by atoms with E-state index in [1.54, 1.807) is 0 Å². The molecule has 0 radical (unpaired) electrons. The lowest BCUT2D eigenvalue weighted by atomic mass is 10.3. The number of hydrogen-bond acceptors (Lipinski definition) is 3. The lowest BCUT2D eigenvalue weighted by Gasteiger charge is -1.79. The molecule has 1 aliphatic rings. The topological polar surface area (TPSA) is 75.9 Å². The number of ether oxygens (including phenoxy) is 1. The summed E-state index contributed by atoms with van der Waals surface area (Å²) in [5, 5.41) is 8.29. The van der Waals surface area contributed by atoms with E-state index in [1.807, 2.05) is 0 Å². The molecule has 2 atom stereocenters. The van der Waals surface area contributed by atoms with Gasteiger partial charge in [-0.2, -0.15) is 0 Å². The molecular formula is C4H7NO3. The average molecular weight is 117 g/mol. The van der Waals surface area contributed by atoms with Crippen LogP contribution in [0.1, 0.15) is 0 Å². The second-order valence-electron chi connectivity index (χ2n) is 1.68. The second kappa shape index (κ2) is 1.72. The van der Waals surface area contributed by atoms with Gasteiger partial charge in [0, 0.05) is 0 Å². The average Bonchev–Trinajstić information content (AvgIpc) is 2.42. The summed E-state index contributed by atoms with van der Waals surface area (Å²) in [4.78, 5) is 10.1. The van der Waals surface area contributed by atoms with E-state index >= 15 is 0 Å². The second-order valence-corrected chi connectivity index (χ2v) is 1.68. The molecule has 1 rings (SSSR count). The molecule has 8 heavy (non-hydrogen) atoms. The Balaban J connectivity index is 2.26. The van der Waals surface area contributed by atoms with E-state index in [9.17, 15) is 4.79 Å². The van der Waals surface area contributed by atoms with Crippen LogP contribution in [-0.2, 0) is 9.53 Å². The van der Waals surface area contributed by atoms with Gasteiger partial charge in [-0.3, -0.25) is 4.79 Å². The number of rotatable bonds is 2. The van der Waals surface area contributed by atoms with Crippen LogP contribution in [0, 0.1) is 0 Å². The number of carbonyl (C=O) groups excluding carboxylic acids is 1. The van der Waals surface area contributed by atoms with Gasteiger partial charge in [0.2, 0.25) is 5.91 Å². The Labute approximate surface area is 46.2 Å². The van der Waals surface area contributed by atoms with Crippen LogP contribution in [0.25, 0.3) is 0 Å². The van der Waals surface area contributed by atoms with Crippen molar-refractivity contribution >= 4 is 5.91 Å². The lowest BCUT2D eigenvalue weighted by molar-refractivity contribution is -0.119. The number of nitrogens with two attached hydrogens (primary N) is 1. The predicted molar refractivity (Wildman–Crippen MR) is 24.9 cm³/mol. The first kappa shape index (κ1) is 5.53. The first-order chi connectivity index (χ1) is 3.75. The molecule has 0 unspecified atom stereocenters. The summed E-state index contributed by atoms with van der Waals surface area (Å²) >= 11 is 0. The van der Waals surface area contributed by atoms with Crippen molar-refractivity contribution in [2.24, 2.45) is 5.73 Å². The molecule has 46 valence electrons. The van der Waals surface area contributed by atoms with E-state index in [0.717, 1.165) is 0 Å². The first-order valence-corrected chi connectivity index (χ1v) is 2.31. The Hall–Kier alpha value is -0.610. The molecule has 1 amide bonds. The van der Waals surface area contributed by atoms with Crippen molar-refractivity contribution in [2.45, 2.75) is 12.2 Å². The molecule has 1 aliphatic heterocycles. The normalized spacial score (nSPS) is 34.6. The number of amides is 1. The van der Waals surface area contributed by atoms with Crippen molar-refractivity contribution in [3.63, 3.8) is 0 Å². The minimum absolute atomic E-state index is 0.117. The summed E-state index contributed by atoms with van der Waals surface area (Å²) in [6, 6.07) is 0. The number of epoxide rings is 1. The number of primary amides is 1. The van der Waals surface area contributed by atoms with E-state index in [1.165, 1.54) is 0 Å². The molecule has 1 fully saturated rings. The lowest BCUT2D eigenvalue weighted by Crippen LogP contribution is -2.20. The van der Waals surface area contributed by atoms with Gasteiger partial charge >= 0.3 is 0 Å². The molecule has 0 bridgehead atoms. The summed E-state index contributed by atoms with van der Waals surface area (Å²) in [6.07, 6.45) is -0.854. The van der Waals surface area contributed by atoms with Gasteiger partial charge in [-0.25, -0.2) is 0 Å². The standard InChI is InChI=1S/C4H7NO3/c5-4(7)3-2(1-6)8-3/h2-3,6H,1H2,(H2,5,7)/t2-,3+/m0/s1. The number of aliphatic hydroxyl groups excluding tert-OH is 1. The number of aliphatic hydroxyl groups is 1. The van der Waals surface area contributed by atoms with Gasteiger partial charge in [0.25, 0.3) is 0 Å². The van der Waals surface area contributed by atoms with Gasteiger partial charge in [0.15, 0.2) is 6.10 Å². The highest BCUT2D eigenvalue weighted by molar-refractivity contribution is 5.81. The van der Waals surface area contributed by atoms with Crippen LogP contribution in [0.3, 0.4) is 0 Å². The predicted octanol–water partition coefficient (Wildman–Crippen LogP) is -1.77. The SMILES string of the molecule is NC(=O)[C@@H]1O[C@H]1CO. The van der Waals surface area contributed by atoms with Gasteiger partial charge in [-0.15, -0.1) is 0 Å². The summed E-state index contributed by atoms with van der Waals surface area (Å²) in [5.41, 5.74) is 4.79. The summed E-state index contributed by atoms with van der Waals surface area (Å²) in [7, 11) is 0. The smallest absolute Gasteiger partial charge is 0.249 e. The van der Waals surface area contributed by atoms with Crippen LogP contribution in [0.5, 0.6) is 0 Å². The highest BCUT2D eigenvalue weighted by Gasteiger charge is 2.42. The molecule has 1 saturated heterocycles. The maximum atomic E-state index is 10.1. The maximum absolute atomic E-state index is 10.1. The summed E-state index contributed by atoms with van der Waals surface area (Å²) in [5.74, 6) is -0.496. The molecule has 0 aromatic carbocycles. The minimum atomic E-state index is -0.528. The van der Waals surface area contributed by atoms with Crippen LogP contribution in [-0.4, -0.2) is 29.8 Å². The van der Waals surface area contributed by atoms with E-state index in [0.29, 0.717) is 0 Å². The van der Waals surface area contributed by atoms with Crippen molar-refractivity contribution in [3.8, 4) is 0 Å². The van der Waals surface area contributed by atoms with Crippen molar-refractivity contribution in [1.29, 1.82) is 0 Å². The van der Waals surface area contributed by atoms with Crippen LogP contribution < -0.4 is 5.73 Å². The van der Waals surface area contributed by atoms with Gasteiger partial charge < -0.3 is 15.6 Å². The van der Waals surface area contributed by atoms with Gasteiger partial charge in [0.1, 0.15) is 6.10 Å². The molecule has 4 nitrogen and oxygen atoms in total. The fourth-order valence-corrected chi connectivity index (χ4v) is 0.532. The number of hydrogen-bond donors (Lipinski definition) is 2. The molecule has 4 heteroatoms. The zero-order valence-electron chi connectivity index (χ0n) is 4.20.